The van der Waals surface area contributed by atoms with Crippen LogP contribution in [0, 0.1) is 5.92 Å². The van der Waals surface area contributed by atoms with Gasteiger partial charge in [0.05, 0.1) is 11.7 Å². The average Bonchev–Trinajstić information content (AvgIpc) is 3.14. The number of fused-ring (bicyclic) bond motifs is 3. The molecule has 1 aromatic carbocycles. The third-order valence-electron chi connectivity index (χ3n) is 4.94. The van der Waals surface area contributed by atoms with E-state index >= 15 is 0 Å². The van der Waals surface area contributed by atoms with Gasteiger partial charge in [-0.1, -0.05) is 24.6 Å². The van der Waals surface area contributed by atoms with Crippen molar-refractivity contribution in [2.75, 3.05) is 5.32 Å². The molecule has 5 heteroatoms. The largest absolute Gasteiger partial charge is 0.435 e. The molecule has 23 heavy (non-hydrogen) atoms. The molecule has 2 aliphatic carbocycles. The summed E-state index contributed by atoms with van der Waals surface area (Å²) in [5.74, 6) is 0.536. The van der Waals surface area contributed by atoms with Crippen LogP contribution in [0.3, 0.4) is 0 Å². The van der Waals surface area contributed by atoms with Crippen molar-refractivity contribution in [3.8, 4) is 0 Å². The van der Waals surface area contributed by atoms with E-state index < -0.39 is 6.09 Å². The van der Waals surface area contributed by atoms with Crippen LogP contribution >= 0.6 is 0 Å². The molecule has 1 aliphatic heterocycles. The van der Waals surface area contributed by atoms with Crippen molar-refractivity contribution in [2.24, 2.45) is 10.9 Å². The summed E-state index contributed by atoms with van der Waals surface area (Å²) >= 11 is 0. The summed E-state index contributed by atoms with van der Waals surface area (Å²) < 4.78 is 0. The minimum atomic E-state index is -0.491. The SMILES string of the molecule is O=C(Nc1ccccc1)ONC1=C2C(=NC3CCCC23)CCC1. The fourth-order valence-corrected chi connectivity index (χ4v) is 3.96. The number of aliphatic imine (C=N–C) groups is 1. The lowest BCUT2D eigenvalue weighted by Gasteiger charge is -2.22. The molecule has 0 spiro atoms. The maximum atomic E-state index is 11.9. The van der Waals surface area contributed by atoms with Crippen molar-refractivity contribution in [1.82, 2.24) is 5.48 Å². The van der Waals surface area contributed by atoms with E-state index in [9.17, 15) is 4.79 Å². The molecule has 0 aromatic heterocycles. The molecule has 1 saturated carbocycles. The molecule has 2 atom stereocenters. The van der Waals surface area contributed by atoms with E-state index in [0.29, 0.717) is 12.0 Å². The molecule has 2 unspecified atom stereocenters. The number of para-hydroxylation sites is 1. The zero-order valence-corrected chi connectivity index (χ0v) is 13.0. The van der Waals surface area contributed by atoms with Crippen molar-refractivity contribution >= 4 is 17.5 Å². The number of hydrogen-bond acceptors (Lipinski definition) is 4. The maximum Gasteiger partial charge on any atom is 0.435 e. The van der Waals surface area contributed by atoms with Gasteiger partial charge in [0.1, 0.15) is 0 Å². The fourth-order valence-electron chi connectivity index (χ4n) is 3.96. The second-order valence-corrected chi connectivity index (χ2v) is 6.41. The minimum Gasteiger partial charge on any atom is -0.324 e. The van der Waals surface area contributed by atoms with Crippen LogP contribution in [0.15, 0.2) is 46.6 Å². The van der Waals surface area contributed by atoms with Crippen LogP contribution in [0.2, 0.25) is 0 Å². The van der Waals surface area contributed by atoms with E-state index in [-0.39, 0.29) is 0 Å². The Morgan fingerprint density at radius 3 is 2.87 bits per heavy atom. The molecule has 2 N–H and O–H groups in total. The Kier molecular flexibility index (Phi) is 3.77. The number of hydroxylamine groups is 1. The van der Waals surface area contributed by atoms with Gasteiger partial charge in [-0.05, 0) is 44.2 Å². The van der Waals surface area contributed by atoms with Crippen molar-refractivity contribution < 1.29 is 9.63 Å². The number of nitrogens with zero attached hydrogens (tertiary/aromatic N) is 1. The summed E-state index contributed by atoms with van der Waals surface area (Å²) in [5, 5.41) is 2.71. The van der Waals surface area contributed by atoms with E-state index in [4.69, 9.17) is 9.83 Å². The highest BCUT2D eigenvalue weighted by Gasteiger charge is 2.40. The molecular formula is C18H21N3O2. The van der Waals surface area contributed by atoms with E-state index in [1.807, 2.05) is 30.3 Å². The zero-order valence-electron chi connectivity index (χ0n) is 13.0. The van der Waals surface area contributed by atoms with Gasteiger partial charge in [-0.3, -0.25) is 10.3 Å². The van der Waals surface area contributed by atoms with Crippen molar-refractivity contribution in [1.29, 1.82) is 0 Å². The third-order valence-corrected chi connectivity index (χ3v) is 4.94. The first-order valence-corrected chi connectivity index (χ1v) is 8.40. The molecule has 4 rings (SSSR count). The van der Waals surface area contributed by atoms with Gasteiger partial charge in [0, 0.05) is 22.9 Å². The van der Waals surface area contributed by atoms with Crippen molar-refractivity contribution in [3.05, 3.63) is 41.6 Å². The highest BCUT2D eigenvalue weighted by Crippen LogP contribution is 2.43. The first-order valence-electron chi connectivity index (χ1n) is 8.40. The number of allylic oxidation sites excluding steroid dienone is 1. The minimum absolute atomic E-state index is 0.466. The summed E-state index contributed by atoms with van der Waals surface area (Å²) in [4.78, 5) is 22.0. The number of anilines is 1. The second-order valence-electron chi connectivity index (χ2n) is 6.41. The molecule has 0 saturated heterocycles. The van der Waals surface area contributed by atoms with Crippen LogP contribution in [-0.4, -0.2) is 17.8 Å². The highest BCUT2D eigenvalue weighted by atomic mass is 16.7. The van der Waals surface area contributed by atoms with Gasteiger partial charge >= 0.3 is 6.09 Å². The van der Waals surface area contributed by atoms with Gasteiger partial charge in [0.15, 0.2) is 0 Å². The van der Waals surface area contributed by atoms with Gasteiger partial charge in [-0.2, -0.15) is 0 Å². The van der Waals surface area contributed by atoms with E-state index in [1.165, 1.54) is 30.5 Å². The van der Waals surface area contributed by atoms with Gasteiger partial charge in [0.25, 0.3) is 0 Å². The maximum absolute atomic E-state index is 11.9. The Morgan fingerprint density at radius 1 is 1.13 bits per heavy atom. The Balaban J connectivity index is 1.43. The predicted octanol–water partition coefficient (Wildman–Crippen LogP) is 3.80. The number of rotatable bonds is 3. The third kappa shape index (κ3) is 2.83. The topological polar surface area (TPSA) is 62.7 Å². The highest BCUT2D eigenvalue weighted by molar-refractivity contribution is 6.04. The molecule has 1 fully saturated rings. The fraction of sp³-hybridized carbons (Fsp3) is 0.444. The monoisotopic (exact) mass is 311 g/mol. The zero-order chi connectivity index (χ0) is 15.6. The van der Waals surface area contributed by atoms with E-state index in [1.54, 1.807) is 0 Å². The number of carbonyl (C=O) groups excluding carboxylic acids is 1. The summed E-state index contributed by atoms with van der Waals surface area (Å²) in [6.45, 7) is 0. The molecule has 1 amide bonds. The normalized spacial score (nSPS) is 25.5. The Morgan fingerprint density at radius 2 is 2.00 bits per heavy atom. The molecular weight excluding hydrogens is 290 g/mol. The van der Waals surface area contributed by atoms with Crippen LogP contribution in [0.1, 0.15) is 38.5 Å². The molecule has 3 aliphatic rings. The molecule has 0 radical (unpaired) electrons. The summed E-state index contributed by atoms with van der Waals surface area (Å²) in [5.41, 5.74) is 7.24. The molecule has 0 bridgehead atoms. The van der Waals surface area contributed by atoms with Gasteiger partial charge in [-0.15, -0.1) is 0 Å². The number of benzene rings is 1. The average molecular weight is 311 g/mol. The van der Waals surface area contributed by atoms with Gasteiger partial charge in [0.2, 0.25) is 0 Å². The van der Waals surface area contributed by atoms with E-state index in [2.05, 4.69) is 10.8 Å². The summed E-state index contributed by atoms with van der Waals surface area (Å²) in [7, 11) is 0. The Hall–Kier alpha value is -2.30. The first kappa shape index (κ1) is 14.3. The second kappa shape index (κ2) is 6.07. The quantitative estimate of drug-likeness (QED) is 0.835. The smallest absolute Gasteiger partial charge is 0.324 e. The van der Waals surface area contributed by atoms with Crippen LogP contribution in [0.4, 0.5) is 10.5 Å². The Labute approximate surface area is 135 Å². The molecule has 5 nitrogen and oxygen atoms in total. The standard InChI is InChI=1S/C18H21N3O2/c22-18(19-12-6-2-1-3-7-12)23-21-16-11-5-10-15-17(16)13-8-4-9-14(13)20-15/h1-3,6-7,13-14,21H,4-5,8-11H2,(H,19,22). The lowest BCUT2D eigenvalue weighted by Crippen LogP contribution is -2.28. The van der Waals surface area contributed by atoms with Gasteiger partial charge in [-0.25, -0.2) is 10.3 Å². The molecule has 120 valence electrons. The molecule has 1 heterocycles. The van der Waals surface area contributed by atoms with Crippen LogP contribution in [-0.2, 0) is 4.84 Å². The lowest BCUT2D eigenvalue weighted by molar-refractivity contribution is 0.117. The number of nitrogens with one attached hydrogen (secondary N) is 2. The van der Waals surface area contributed by atoms with Crippen LogP contribution in [0.5, 0.6) is 0 Å². The van der Waals surface area contributed by atoms with Crippen LogP contribution in [0.25, 0.3) is 0 Å². The van der Waals surface area contributed by atoms with Gasteiger partial charge < -0.3 is 4.84 Å². The number of carbonyl (C=O) groups is 1. The number of amides is 1. The number of hydrogen-bond donors (Lipinski definition) is 2. The van der Waals surface area contributed by atoms with E-state index in [0.717, 1.165) is 30.6 Å². The van der Waals surface area contributed by atoms with Crippen molar-refractivity contribution in [3.63, 3.8) is 0 Å². The predicted molar refractivity (Wildman–Crippen MR) is 89.1 cm³/mol. The summed E-state index contributed by atoms with van der Waals surface area (Å²) in [6, 6.07) is 9.77. The first-order chi connectivity index (χ1) is 11.3. The lowest BCUT2D eigenvalue weighted by atomic mass is 9.86. The molecule has 1 aromatic rings. The van der Waals surface area contributed by atoms with Crippen molar-refractivity contribution in [2.45, 2.75) is 44.6 Å². The van der Waals surface area contributed by atoms with Crippen LogP contribution < -0.4 is 10.8 Å². The summed E-state index contributed by atoms with van der Waals surface area (Å²) in [6.07, 6.45) is 6.20. The Bertz CT molecular complexity index is 666.